The van der Waals surface area contributed by atoms with Crippen LogP contribution in [-0.2, 0) is 6.61 Å². The van der Waals surface area contributed by atoms with E-state index in [1.54, 1.807) is 17.1 Å². The maximum absolute atomic E-state index is 6.42. The second-order valence-electron chi connectivity index (χ2n) is 9.35. The number of para-hydroxylation sites is 1. The molecule has 0 saturated heterocycles. The summed E-state index contributed by atoms with van der Waals surface area (Å²) in [5.74, 6) is 2.83. The van der Waals surface area contributed by atoms with Crippen molar-refractivity contribution in [1.82, 2.24) is 29.4 Å². The van der Waals surface area contributed by atoms with E-state index in [-0.39, 0.29) is 12.5 Å². The zero-order valence-electron chi connectivity index (χ0n) is 21.1. The molecule has 0 spiro atoms. The lowest BCUT2D eigenvalue weighted by atomic mass is 9.88. The highest BCUT2D eigenvalue weighted by Gasteiger charge is 2.39. The molecule has 1 aliphatic heterocycles. The van der Waals surface area contributed by atoms with Gasteiger partial charge in [-0.2, -0.15) is 5.10 Å². The van der Waals surface area contributed by atoms with E-state index in [1.165, 1.54) is 5.56 Å². The zero-order chi connectivity index (χ0) is 25.8. The highest BCUT2D eigenvalue weighted by atomic mass is 16.5. The summed E-state index contributed by atoms with van der Waals surface area (Å²) < 4.78 is 21.9. The smallest absolute Gasteiger partial charge is 0.230 e. The van der Waals surface area contributed by atoms with Gasteiger partial charge in [-0.05, 0) is 62.2 Å². The number of rotatable bonds is 5. The highest BCUT2D eigenvalue weighted by Crippen LogP contribution is 2.49. The summed E-state index contributed by atoms with van der Waals surface area (Å²) in [6.07, 6.45) is 3.28. The lowest BCUT2D eigenvalue weighted by molar-refractivity contribution is 0.294. The van der Waals surface area contributed by atoms with Crippen molar-refractivity contribution in [1.29, 1.82) is 0 Å². The molecule has 1 aliphatic rings. The van der Waals surface area contributed by atoms with Crippen LogP contribution in [0, 0.1) is 20.8 Å². The molecule has 0 radical (unpaired) electrons. The SMILES string of the molecule is Cc1cccc(OCc2nc3c4c(ncn3n2)Oc2c(c(C)nn2-c2ccccc2)[C@@H]4c2ccco2)c1C. The Morgan fingerprint density at radius 1 is 0.921 bits per heavy atom. The average molecular weight is 505 g/mol. The van der Waals surface area contributed by atoms with Crippen molar-refractivity contribution in [2.45, 2.75) is 33.3 Å². The van der Waals surface area contributed by atoms with E-state index in [2.05, 4.69) is 23.1 Å². The Morgan fingerprint density at radius 3 is 2.61 bits per heavy atom. The first-order valence-electron chi connectivity index (χ1n) is 12.4. The first-order valence-corrected chi connectivity index (χ1v) is 12.4. The monoisotopic (exact) mass is 504 g/mol. The first kappa shape index (κ1) is 22.3. The Bertz CT molecular complexity index is 1790. The normalized spacial score (nSPS) is 14.2. The lowest BCUT2D eigenvalue weighted by Crippen LogP contribution is -2.15. The summed E-state index contributed by atoms with van der Waals surface area (Å²) in [5.41, 5.74) is 6.31. The molecule has 1 atom stereocenters. The maximum atomic E-state index is 6.42. The Balaban J connectivity index is 1.35. The molecule has 0 amide bonds. The van der Waals surface area contributed by atoms with Gasteiger partial charge in [-0.3, -0.25) is 0 Å². The van der Waals surface area contributed by atoms with Crippen LogP contribution in [0.25, 0.3) is 11.3 Å². The van der Waals surface area contributed by atoms with Crippen LogP contribution in [0.5, 0.6) is 17.5 Å². The highest BCUT2D eigenvalue weighted by molar-refractivity contribution is 5.65. The molecule has 7 rings (SSSR count). The Labute approximate surface area is 218 Å². The standard InChI is InChI=1S/C29H24N6O3/c1-17-9-7-12-21(18(17)2)37-15-23-31-27-26-25(22-13-8-14-36-22)24-19(3)32-35(20-10-5-4-6-11-20)29(24)38-28(26)30-16-34(27)33-23/h4-14,16,25H,15H2,1-3H3/t25-/m0/s1. The van der Waals surface area contributed by atoms with E-state index in [4.69, 9.17) is 24.0 Å². The number of furan rings is 1. The van der Waals surface area contributed by atoms with Crippen molar-refractivity contribution < 1.29 is 13.9 Å². The number of nitrogens with zero attached hydrogens (tertiary/aromatic N) is 6. The van der Waals surface area contributed by atoms with Crippen molar-refractivity contribution >= 4 is 5.65 Å². The number of hydrogen-bond acceptors (Lipinski definition) is 7. The van der Waals surface area contributed by atoms with Gasteiger partial charge in [-0.1, -0.05) is 30.3 Å². The van der Waals surface area contributed by atoms with Gasteiger partial charge in [0.25, 0.3) is 0 Å². The van der Waals surface area contributed by atoms with Gasteiger partial charge in [0.15, 0.2) is 11.5 Å². The minimum atomic E-state index is -0.325. The summed E-state index contributed by atoms with van der Waals surface area (Å²) in [4.78, 5) is 9.48. The fraction of sp³-hybridized carbons (Fsp3) is 0.172. The minimum absolute atomic E-state index is 0.225. The molecule has 0 fully saturated rings. The largest absolute Gasteiger partial charge is 0.485 e. The van der Waals surface area contributed by atoms with Crippen LogP contribution in [0.2, 0.25) is 0 Å². The molecule has 5 heterocycles. The summed E-state index contributed by atoms with van der Waals surface area (Å²) in [7, 11) is 0. The third-order valence-electron chi connectivity index (χ3n) is 7.00. The number of benzene rings is 2. The predicted molar refractivity (Wildman–Crippen MR) is 139 cm³/mol. The first-order chi connectivity index (χ1) is 18.6. The molecule has 0 aliphatic carbocycles. The molecular formula is C29H24N6O3. The van der Waals surface area contributed by atoms with Crippen LogP contribution >= 0.6 is 0 Å². The second kappa shape index (κ2) is 8.58. The van der Waals surface area contributed by atoms with Gasteiger partial charge in [0.2, 0.25) is 11.8 Å². The molecule has 38 heavy (non-hydrogen) atoms. The molecule has 6 aromatic rings. The quantitative estimate of drug-likeness (QED) is 0.297. The van der Waals surface area contributed by atoms with Gasteiger partial charge in [-0.15, -0.1) is 5.10 Å². The maximum Gasteiger partial charge on any atom is 0.230 e. The number of aryl methyl sites for hydroxylation is 2. The van der Waals surface area contributed by atoms with Gasteiger partial charge in [0, 0.05) is 0 Å². The molecule has 4 aromatic heterocycles. The molecule has 2 aromatic carbocycles. The van der Waals surface area contributed by atoms with Gasteiger partial charge >= 0.3 is 0 Å². The summed E-state index contributed by atoms with van der Waals surface area (Å²) >= 11 is 0. The van der Waals surface area contributed by atoms with E-state index in [9.17, 15) is 0 Å². The van der Waals surface area contributed by atoms with Gasteiger partial charge in [-0.25, -0.2) is 19.2 Å². The topological polar surface area (TPSA) is 92.5 Å². The fourth-order valence-corrected chi connectivity index (χ4v) is 4.99. The van der Waals surface area contributed by atoms with Crippen molar-refractivity contribution in [2.75, 3.05) is 0 Å². The number of aromatic nitrogens is 6. The van der Waals surface area contributed by atoms with Gasteiger partial charge < -0.3 is 13.9 Å². The van der Waals surface area contributed by atoms with E-state index >= 15 is 0 Å². The molecule has 9 heteroatoms. The van der Waals surface area contributed by atoms with E-state index in [1.807, 2.05) is 73.1 Å². The van der Waals surface area contributed by atoms with Crippen LogP contribution < -0.4 is 9.47 Å². The number of ether oxygens (including phenoxy) is 2. The van der Waals surface area contributed by atoms with Crippen molar-refractivity contribution in [3.05, 3.63) is 113 Å². The third-order valence-corrected chi connectivity index (χ3v) is 7.00. The zero-order valence-corrected chi connectivity index (χ0v) is 21.1. The predicted octanol–water partition coefficient (Wildman–Crippen LogP) is 5.69. The summed E-state index contributed by atoms with van der Waals surface area (Å²) in [6.45, 7) is 6.31. The van der Waals surface area contributed by atoms with Gasteiger partial charge in [0.1, 0.15) is 24.4 Å². The molecular weight excluding hydrogens is 480 g/mol. The molecule has 9 nitrogen and oxygen atoms in total. The van der Waals surface area contributed by atoms with Crippen LogP contribution in [0.1, 0.15) is 45.5 Å². The molecule has 0 unspecified atom stereocenters. The van der Waals surface area contributed by atoms with Gasteiger partial charge in [0.05, 0.1) is 34.7 Å². The van der Waals surface area contributed by atoms with E-state index < -0.39 is 0 Å². The van der Waals surface area contributed by atoms with Crippen LogP contribution in [-0.4, -0.2) is 29.4 Å². The third kappa shape index (κ3) is 3.47. The van der Waals surface area contributed by atoms with Crippen molar-refractivity contribution in [2.24, 2.45) is 0 Å². The second-order valence-corrected chi connectivity index (χ2v) is 9.35. The minimum Gasteiger partial charge on any atom is -0.485 e. The summed E-state index contributed by atoms with van der Waals surface area (Å²) in [6, 6.07) is 19.7. The van der Waals surface area contributed by atoms with E-state index in [0.29, 0.717) is 23.2 Å². The Morgan fingerprint density at radius 2 is 1.79 bits per heavy atom. The number of hydrogen-bond donors (Lipinski definition) is 0. The molecule has 0 saturated carbocycles. The van der Waals surface area contributed by atoms with Crippen molar-refractivity contribution in [3.63, 3.8) is 0 Å². The van der Waals surface area contributed by atoms with Crippen LogP contribution in [0.4, 0.5) is 0 Å². The average Bonchev–Trinajstić information content (AvgIpc) is 3.68. The lowest BCUT2D eigenvalue weighted by Gasteiger charge is -2.24. The fourth-order valence-electron chi connectivity index (χ4n) is 4.99. The molecule has 0 N–H and O–H groups in total. The summed E-state index contributed by atoms with van der Waals surface area (Å²) in [5, 5.41) is 9.47. The Hall–Kier alpha value is -4.92. The van der Waals surface area contributed by atoms with Crippen molar-refractivity contribution in [3.8, 4) is 23.2 Å². The number of fused-ring (bicyclic) bond motifs is 4. The molecule has 188 valence electrons. The van der Waals surface area contributed by atoms with E-state index in [0.717, 1.165) is 39.6 Å². The molecule has 0 bridgehead atoms. The Kier molecular flexibility index (Phi) is 5.04. The van der Waals surface area contributed by atoms with Crippen LogP contribution in [0.3, 0.4) is 0 Å². The van der Waals surface area contributed by atoms with Crippen LogP contribution in [0.15, 0.2) is 77.7 Å².